The maximum atomic E-state index is 13.6. The number of nitrogens with one attached hydrogen (secondary N) is 1. The van der Waals surface area contributed by atoms with Gasteiger partial charge in [0.1, 0.15) is 11.6 Å². The molecular formula is C17H22F2N2O2. The fourth-order valence-corrected chi connectivity index (χ4v) is 2.96. The molecule has 1 aliphatic rings. The van der Waals surface area contributed by atoms with Crippen LogP contribution in [0, 0.1) is 17.6 Å². The van der Waals surface area contributed by atoms with Gasteiger partial charge in [-0.1, -0.05) is 6.07 Å². The van der Waals surface area contributed by atoms with E-state index in [1.165, 1.54) is 25.1 Å². The van der Waals surface area contributed by atoms with Gasteiger partial charge in [-0.2, -0.15) is 0 Å². The number of hydrogen-bond acceptors (Lipinski definition) is 2. The zero-order valence-corrected chi connectivity index (χ0v) is 13.3. The second-order valence-corrected chi connectivity index (χ2v) is 6.00. The number of amides is 2. The van der Waals surface area contributed by atoms with Crippen molar-refractivity contribution in [2.24, 2.45) is 5.92 Å². The molecule has 2 amide bonds. The number of likely N-dealkylation sites (tertiary alicyclic amines) is 1. The third-order valence-electron chi connectivity index (χ3n) is 4.22. The average Bonchev–Trinajstić information content (AvgIpc) is 2.52. The minimum Gasteiger partial charge on any atom is -0.347 e. The van der Waals surface area contributed by atoms with Gasteiger partial charge in [-0.3, -0.25) is 9.59 Å². The van der Waals surface area contributed by atoms with Crippen molar-refractivity contribution in [1.82, 2.24) is 10.2 Å². The van der Waals surface area contributed by atoms with Gasteiger partial charge in [-0.25, -0.2) is 8.78 Å². The van der Waals surface area contributed by atoms with E-state index in [2.05, 4.69) is 5.32 Å². The molecule has 0 unspecified atom stereocenters. The molecule has 1 N–H and O–H groups in total. The van der Waals surface area contributed by atoms with E-state index in [0.29, 0.717) is 25.9 Å². The van der Waals surface area contributed by atoms with Gasteiger partial charge in [0.2, 0.25) is 11.8 Å². The van der Waals surface area contributed by atoms with Crippen LogP contribution in [0.2, 0.25) is 0 Å². The summed E-state index contributed by atoms with van der Waals surface area (Å²) < 4.78 is 27.3. The van der Waals surface area contributed by atoms with Crippen LogP contribution in [0.4, 0.5) is 8.78 Å². The summed E-state index contributed by atoms with van der Waals surface area (Å²) in [5.74, 6) is -1.15. The van der Waals surface area contributed by atoms with Crippen LogP contribution in [0.15, 0.2) is 18.2 Å². The van der Waals surface area contributed by atoms with E-state index >= 15 is 0 Å². The Kier molecular flexibility index (Phi) is 6.07. The number of hydrogen-bond donors (Lipinski definition) is 1. The number of halogens is 2. The van der Waals surface area contributed by atoms with Gasteiger partial charge in [0.25, 0.3) is 0 Å². The predicted molar refractivity (Wildman–Crippen MR) is 82.7 cm³/mol. The lowest BCUT2D eigenvalue weighted by Gasteiger charge is -2.33. The zero-order chi connectivity index (χ0) is 16.8. The summed E-state index contributed by atoms with van der Waals surface area (Å²) in [7, 11) is 0. The molecule has 1 atom stereocenters. The quantitative estimate of drug-likeness (QED) is 0.903. The van der Waals surface area contributed by atoms with Crippen LogP contribution in [0.25, 0.3) is 0 Å². The van der Waals surface area contributed by atoms with Crippen LogP contribution in [0.3, 0.4) is 0 Å². The Morgan fingerprint density at radius 2 is 2.00 bits per heavy atom. The fraction of sp³-hybridized carbons (Fsp3) is 0.529. The number of carbonyl (C=O) groups excluding carboxylic acids is 2. The molecule has 126 valence electrons. The number of piperidine rings is 1. The Labute approximate surface area is 134 Å². The van der Waals surface area contributed by atoms with Crippen LogP contribution >= 0.6 is 0 Å². The summed E-state index contributed by atoms with van der Waals surface area (Å²) in [5.41, 5.74) is 0.120. The summed E-state index contributed by atoms with van der Waals surface area (Å²) in [6.07, 6.45) is 2.79. The predicted octanol–water partition coefficient (Wildman–Crippen LogP) is 2.27. The number of rotatable bonds is 5. The van der Waals surface area contributed by atoms with E-state index < -0.39 is 11.6 Å². The van der Waals surface area contributed by atoms with Crippen molar-refractivity contribution in [2.75, 3.05) is 19.6 Å². The highest BCUT2D eigenvalue weighted by atomic mass is 19.1. The van der Waals surface area contributed by atoms with E-state index in [4.69, 9.17) is 0 Å². The lowest BCUT2D eigenvalue weighted by Crippen LogP contribution is -2.44. The van der Waals surface area contributed by atoms with Crippen LogP contribution in [0.1, 0.15) is 31.7 Å². The molecule has 1 aromatic rings. The van der Waals surface area contributed by atoms with Gasteiger partial charge in [-0.05, 0) is 43.7 Å². The first kappa shape index (κ1) is 17.4. The van der Waals surface area contributed by atoms with Crippen molar-refractivity contribution >= 4 is 11.8 Å². The van der Waals surface area contributed by atoms with Crippen molar-refractivity contribution in [2.45, 2.75) is 32.6 Å². The number of nitrogens with zero attached hydrogens (tertiary/aromatic N) is 1. The lowest BCUT2D eigenvalue weighted by atomic mass is 9.91. The molecule has 4 nitrogen and oxygen atoms in total. The van der Waals surface area contributed by atoms with Crippen LogP contribution in [0.5, 0.6) is 0 Å². The summed E-state index contributed by atoms with van der Waals surface area (Å²) in [6, 6.07) is 3.89. The van der Waals surface area contributed by atoms with Gasteiger partial charge < -0.3 is 10.2 Å². The molecular weight excluding hydrogens is 302 g/mol. The Morgan fingerprint density at radius 3 is 2.65 bits per heavy atom. The minimum atomic E-state index is -0.514. The molecule has 0 saturated carbocycles. The van der Waals surface area contributed by atoms with Crippen molar-refractivity contribution in [1.29, 1.82) is 0 Å². The zero-order valence-electron chi connectivity index (χ0n) is 13.3. The number of carbonyl (C=O) groups is 2. The summed E-state index contributed by atoms with van der Waals surface area (Å²) in [6.45, 7) is 2.62. The smallest absolute Gasteiger partial charge is 0.241 e. The molecule has 1 aliphatic heterocycles. The topological polar surface area (TPSA) is 49.4 Å². The van der Waals surface area contributed by atoms with Gasteiger partial charge in [0, 0.05) is 25.6 Å². The molecule has 0 spiro atoms. The molecule has 6 heteroatoms. The second-order valence-electron chi connectivity index (χ2n) is 6.00. The van der Waals surface area contributed by atoms with E-state index in [1.54, 1.807) is 4.90 Å². The highest BCUT2D eigenvalue weighted by molar-refractivity contribution is 5.83. The van der Waals surface area contributed by atoms with E-state index in [-0.39, 0.29) is 29.8 Å². The monoisotopic (exact) mass is 324 g/mol. The maximum Gasteiger partial charge on any atom is 0.241 e. The molecule has 0 aliphatic carbocycles. The normalized spacial score (nSPS) is 17.9. The third-order valence-corrected chi connectivity index (χ3v) is 4.22. The van der Waals surface area contributed by atoms with E-state index in [9.17, 15) is 18.4 Å². The van der Waals surface area contributed by atoms with Crippen LogP contribution < -0.4 is 5.32 Å². The van der Waals surface area contributed by atoms with Crippen molar-refractivity contribution in [3.63, 3.8) is 0 Å². The molecule has 0 radical (unpaired) electrons. The molecule has 23 heavy (non-hydrogen) atoms. The molecule has 1 heterocycles. The molecule has 1 aromatic carbocycles. The van der Waals surface area contributed by atoms with Gasteiger partial charge >= 0.3 is 0 Å². The molecule has 0 bridgehead atoms. The minimum absolute atomic E-state index is 0.00396. The first-order chi connectivity index (χ1) is 11.0. The van der Waals surface area contributed by atoms with Gasteiger partial charge in [0.15, 0.2) is 0 Å². The lowest BCUT2D eigenvalue weighted by molar-refractivity contribution is -0.134. The highest BCUT2D eigenvalue weighted by Gasteiger charge is 2.24. The third kappa shape index (κ3) is 5.01. The fourth-order valence-electron chi connectivity index (χ4n) is 2.96. The van der Waals surface area contributed by atoms with Gasteiger partial charge in [-0.15, -0.1) is 0 Å². The average molecular weight is 324 g/mol. The number of benzene rings is 1. The first-order valence-electron chi connectivity index (χ1n) is 7.92. The van der Waals surface area contributed by atoms with Crippen molar-refractivity contribution in [3.8, 4) is 0 Å². The van der Waals surface area contributed by atoms with Crippen LogP contribution in [-0.2, 0) is 16.0 Å². The van der Waals surface area contributed by atoms with E-state index in [0.717, 1.165) is 12.8 Å². The summed E-state index contributed by atoms with van der Waals surface area (Å²) in [4.78, 5) is 24.6. The standard InChI is InChI=1S/C17H22F2N2O2/c1-12(22)20-10-17(23)21-9-3-4-13(11-21)7-8-14-15(18)5-2-6-16(14)19/h2,5-6,13H,3-4,7-11H2,1H3,(H,20,22)/t13-/m0/s1. The largest absolute Gasteiger partial charge is 0.347 e. The SMILES string of the molecule is CC(=O)NCC(=O)N1CCC[C@@H](CCc2c(F)cccc2F)C1. The highest BCUT2D eigenvalue weighted by Crippen LogP contribution is 2.23. The molecule has 1 fully saturated rings. The molecule has 2 rings (SSSR count). The Balaban J connectivity index is 1.86. The Hall–Kier alpha value is -1.98. The van der Waals surface area contributed by atoms with Crippen molar-refractivity contribution in [3.05, 3.63) is 35.4 Å². The second kappa shape index (κ2) is 8.04. The van der Waals surface area contributed by atoms with Crippen molar-refractivity contribution < 1.29 is 18.4 Å². The van der Waals surface area contributed by atoms with Crippen LogP contribution in [-0.4, -0.2) is 36.3 Å². The van der Waals surface area contributed by atoms with E-state index in [1.807, 2.05) is 0 Å². The Morgan fingerprint density at radius 1 is 1.30 bits per heavy atom. The Bertz CT molecular complexity index is 557. The maximum absolute atomic E-state index is 13.6. The first-order valence-corrected chi connectivity index (χ1v) is 7.92. The molecule has 1 saturated heterocycles. The summed E-state index contributed by atoms with van der Waals surface area (Å²) >= 11 is 0. The summed E-state index contributed by atoms with van der Waals surface area (Å²) in [5, 5.41) is 2.50. The molecule has 0 aromatic heterocycles. The van der Waals surface area contributed by atoms with Gasteiger partial charge in [0.05, 0.1) is 6.54 Å².